The van der Waals surface area contributed by atoms with Crippen LogP contribution in [0.25, 0.3) is 0 Å². The lowest BCUT2D eigenvalue weighted by Crippen LogP contribution is -2.49. The van der Waals surface area contributed by atoms with Gasteiger partial charge in [0.15, 0.2) is 5.96 Å². The minimum absolute atomic E-state index is 0.137. The predicted molar refractivity (Wildman–Crippen MR) is 118 cm³/mol. The summed E-state index contributed by atoms with van der Waals surface area (Å²) in [6, 6.07) is 4.55. The van der Waals surface area contributed by atoms with Gasteiger partial charge in [-0.1, -0.05) is 13.3 Å². The smallest absolute Gasteiger partial charge is 0.191 e. The molecule has 3 rings (SSSR count). The molecular weight excluding hydrogens is 388 g/mol. The fourth-order valence-corrected chi connectivity index (χ4v) is 5.61. The first-order valence-electron chi connectivity index (χ1n) is 10.8. The SMILES string of the molecule is CCS(=O)C1CCCC(NC(=NC)NCC(c2ccc(C)o2)N2CCOCC2)C1. The van der Waals surface area contributed by atoms with Crippen LogP contribution in [0.3, 0.4) is 0 Å². The zero-order chi connectivity index (χ0) is 20.6. The number of ether oxygens (including phenoxy) is 1. The van der Waals surface area contributed by atoms with E-state index in [0.717, 1.165) is 75.2 Å². The first-order valence-corrected chi connectivity index (χ1v) is 12.2. The third kappa shape index (κ3) is 6.30. The van der Waals surface area contributed by atoms with Gasteiger partial charge in [0, 0.05) is 54.5 Å². The van der Waals surface area contributed by atoms with Crippen LogP contribution >= 0.6 is 0 Å². The van der Waals surface area contributed by atoms with Crippen LogP contribution in [0, 0.1) is 6.92 Å². The van der Waals surface area contributed by atoms with Crippen LogP contribution < -0.4 is 10.6 Å². The number of guanidine groups is 1. The lowest BCUT2D eigenvalue weighted by atomic mass is 9.95. The Morgan fingerprint density at radius 2 is 2.14 bits per heavy atom. The van der Waals surface area contributed by atoms with E-state index in [9.17, 15) is 4.21 Å². The van der Waals surface area contributed by atoms with Gasteiger partial charge in [0.25, 0.3) is 0 Å². The second-order valence-electron chi connectivity index (χ2n) is 7.86. The molecule has 4 atom stereocenters. The molecule has 1 aromatic rings. The van der Waals surface area contributed by atoms with Crippen molar-refractivity contribution in [2.75, 3.05) is 45.6 Å². The Morgan fingerprint density at radius 3 is 2.79 bits per heavy atom. The quantitative estimate of drug-likeness (QED) is 0.516. The molecule has 2 fully saturated rings. The monoisotopic (exact) mass is 424 g/mol. The highest BCUT2D eigenvalue weighted by Crippen LogP contribution is 2.24. The first kappa shape index (κ1) is 22.3. The van der Waals surface area contributed by atoms with E-state index in [0.29, 0.717) is 17.8 Å². The number of morpholine rings is 1. The molecule has 164 valence electrons. The molecule has 1 saturated heterocycles. The largest absolute Gasteiger partial charge is 0.465 e. The van der Waals surface area contributed by atoms with E-state index < -0.39 is 10.8 Å². The first-order chi connectivity index (χ1) is 14.1. The van der Waals surface area contributed by atoms with E-state index in [-0.39, 0.29) is 6.04 Å². The van der Waals surface area contributed by atoms with Gasteiger partial charge in [-0.05, 0) is 38.3 Å². The van der Waals surface area contributed by atoms with Crippen LogP contribution in [0.15, 0.2) is 21.5 Å². The highest BCUT2D eigenvalue weighted by Gasteiger charge is 2.28. The normalized spacial score (nSPS) is 26.1. The molecule has 0 bridgehead atoms. The van der Waals surface area contributed by atoms with Crippen LogP contribution in [0.2, 0.25) is 0 Å². The predicted octanol–water partition coefficient (Wildman–Crippen LogP) is 2.21. The molecule has 1 aliphatic carbocycles. The summed E-state index contributed by atoms with van der Waals surface area (Å²) in [6.45, 7) is 7.99. The summed E-state index contributed by atoms with van der Waals surface area (Å²) in [7, 11) is 1.09. The van der Waals surface area contributed by atoms with Crippen molar-refractivity contribution in [1.29, 1.82) is 0 Å². The number of nitrogens with one attached hydrogen (secondary N) is 2. The summed E-state index contributed by atoms with van der Waals surface area (Å²) >= 11 is 0. The number of aryl methyl sites for hydroxylation is 1. The molecule has 2 heterocycles. The topological polar surface area (TPSA) is 79.1 Å². The van der Waals surface area contributed by atoms with Crippen molar-refractivity contribution in [3.63, 3.8) is 0 Å². The van der Waals surface area contributed by atoms with Crippen molar-refractivity contribution >= 4 is 16.8 Å². The van der Waals surface area contributed by atoms with E-state index in [1.807, 2.05) is 19.9 Å². The van der Waals surface area contributed by atoms with Crippen LogP contribution in [0.4, 0.5) is 0 Å². The molecule has 1 aliphatic heterocycles. The molecule has 0 amide bonds. The van der Waals surface area contributed by atoms with E-state index in [4.69, 9.17) is 9.15 Å². The molecule has 29 heavy (non-hydrogen) atoms. The van der Waals surface area contributed by atoms with E-state index >= 15 is 0 Å². The number of hydrogen-bond acceptors (Lipinski definition) is 5. The van der Waals surface area contributed by atoms with Crippen molar-refractivity contribution in [3.8, 4) is 0 Å². The number of hydrogen-bond donors (Lipinski definition) is 2. The van der Waals surface area contributed by atoms with Gasteiger partial charge in [0.1, 0.15) is 11.5 Å². The third-order valence-corrected chi connectivity index (χ3v) is 7.63. The van der Waals surface area contributed by atoms with Gasteiger partial charge in [0.2, 0.25) is 0 Å². The second kappa shape index (κ2) is 11.1. The Kier molecular flexibility index (Phi) is 8.56. The number of rotatable bonds is 7. The third-order valence-electron chi connectivity index (χ3n) is 5.89. The lowest BCUT2D eigenvalue weighted by Gasteiger charge is -2.34. The lowest BCUT2D eigenvalue weighted by molar-refractivity contribution is 0.0124. The van der Waals surface area contributed by atoms with E-state index in [1.54, 1.807) is 7.05 Å². The van der Waals surface area contributed by atoms with Gasteiger partial charge >= 0.3 is 0 Å². The second-order valence-corrected chi connectivity index (χ2v) is 9.87. The molecule has 1 aromatic heterocycles. The number of nitrogens with zero attached hydrogens (tertiary/aromatic N) is 2. The van der Waals surface area contributed by atoms with Crippen molar-refractivity contribution in [2.45, 2.75) is 56.9 Å². The maximum atomic E-state index is 12.2. The summed E-state index contributed by atoms with van der Waals surface area (Å²) in [4.78, 5) is 6.84. The molecule has 4 unspecified atom stereocenters. The van der Waals surface area contributed by atoms with Crippen LogP contribution in [-0.4, -0.2) is 72.0 Å². The number of aliphatic imine (C=N–C) groups is 1. The minimum Gasteiger partial charge on any atom is -0.465 e. The van der Waals surface area contributed by atoms with Gasteiger partial charge in [-0.25, -0.2) is 0 Å². The van der Waals surface area contributed by atoms with Gasteiger partial charge < -0.3 is 19.8 Å². The summed E-state index contributed by atoms with van der Waals surface area (Å²) in [5, 5.41) is 7.36. The van der Waals surface area contributed by atoms with E-state index in [1.165, 1.54) is 0 Å². The molecule has 1 saturated carbocycles. The molecule has 2 aliphatic rings. The number of furan rings is 1. The summed E-state index contributed by atoms with van der Waals surface area (Å²) in [5.74, 6) is 3.45. The zero-order valence-corrected chi connectivity index (χ0v) is 18.8. The Balaban J connectivity index is 1.59. The van der Waals surface area contributed by atoms with Gasteiger partial charge in [0.05, 0.1) is 19.3 Å². The van der Waals surface area contributed by atoms with Crippen molar-refractivity contribution in [1.82, 2.24) is 15.5 Å². The molecule has 7 nitrogen and oxygen atoms in total. The zero-order valence-electron chi connectivity index (χ0n) is 18.0. The Morgan fingerprint density at radius 1 is 1.34 bits per heavy atom. The maximum absolute atomic E-state index is 12.2. The molecule has 8 heteroatoms. The minimum atomic E-state index is -0.719. The fraction of sp³-hybridized carbons (Fsp3) is 0.762. The van der Waals surface area contributed by atoms with Gasteiger partial charge in [-0.3, -0.25) is 14.1 Å². The molecule has 2 N–H and O–H groups in total. The molecular formula is C21H36N4O3S. The summed E-state index contributed by atoms with van der Waals surface area (Å²) < 4.78 is 23.7. The maximum Gasteiger partial charge on any atom is 0.191 e. The van der Waals surface area contributed by atoms with Gasteiger partial charge in [-0.2, -0.15) is 0 Å². The van der Waals surface area contributed by atoms with Crippen LogP contribution in [-0.2, 0) is 15.5 Å². The highest BCUT2D eigenvalue weighted by atomic mass is 32.2. The molecule has 0 radical (unpaired) electrons. The van der Waals surface area contributed by atoms with Gasteiger partial charge in [-0.15, -0.1) is 0 Å². The summed E-state index contributed by atoms with van der Waals surface area (Å²) in [5.41, 5.74) is 0. The average Bonchev–Trinajstić information content (AvgIpc) is 3.19. The average molecular weight is 425 g/mol. The standard InChI is InChI=1S/C21H36N4O3S/c1-4-29(26)18-7-5-6-17(14-18)24-21(22-3)23-15-19(20-9-8-16(2)28-20)25-10-12-27-13-11-25/h8-9,17-19H,4-7,10-15H2,1-3H3,(H2,22,23,24). The molecule has 0 aromatic carbocycles. The summed E-state index contributed by atoms with van der Waals surface area (Å²) in [6.07, 6.45) is 4.24. The Hall–Kier alpha value is -1.38. The molecule has 0 spiro atoms. The van der Waals surface area contributed by atoms with Crippen molar-refractivity contribution < 1.29 is 13.4 Å². The fourth-order valence-electron chi connectivity index (χ4n) is 4.26. The van der Waals surface area contributed by atoms with E-state index in [2.05, 4.69) is 26.6 Å². The highest BCUT2D eigenvalue weighted by molar-refractivity contribution is 7.85. The van der Waals surface area contributed by atoms with Crippen LogP contribution in [0.1, 0.15) is 50.2 Å². The Bertz CT molecular complexity index is 687. The van der Waals surface area contributed by atoms with Crippen LogP contribution in [0.5, 0.6) is 0 Å². The van der Waals surface area contributed by atoms with Crippen molar-refractivity contribution in [2.24, 2.45) is 4.99 Å². The van der Waals surface area contributed by atoms with Crippen molar-refractivity contribution in [3.05, 3.63) is 23.7 Å². The Labute approximate surface area is 177 Å².